The number of aliphatic hydroxyl groups excluding tert-OH is 2. The van der Waals surface area contributed by atoms with Crippen molar-refractivity contribution in [1.29, 1.82) is 0 Å². The largest absolute Gasteiger partial charge is 1.00 e. The van der Waals surface area contributed by atoms with E-state index in [-0.39, 0.29) is 152 Å². The molecule has 0 amide bonds. The van der Waals surface area contributed by atoms with Gasteiger partial charge in [-0.05, 0) is 134 Å². The van der Waals surface area contributed by atoms with Crippen LogP contribution in [0.25, 0.3) is 0 Å². The summed E-state index contributed by atoms with van der Waals surface area (Å²) in [4.78, 5) is 145. The summed E-state index contributed by atoms with van der Waals surface area (Å²) in [6.07, 6.45) is 6.02. The molecule has 7 aromatic carbocycles. The molecule has 0 bridgehead atoms. The van der Waals surface area contributed by atoms with Crippen molar-refractivity contribution < 1.29 is 182 Å². The molecule has 4 heterocycles. The van der Waals surface area contributed by atoms with E-state index in [0.29, 0.717) is 23.1 Å². The number of aliphatic carboxylic acids is 1. The number of benzene rings is 7. The molecule has 0 spiro atoms. The summed E-state index contributed by atoms with van der Waals surface area (Å²) in [5.74, 6) is -4.47. The standard InChI is InChI=1S/C15H22N2O3.C15H24N2O.C11H13NO4.C11H13NO3.C10H11NO4.C10H13NO3.C9H9NO4.C4H9NO.C4H6O4.C4H8O.C2H3BO2.CH4O.ClH.2Na.H/c1-15(2,7-8-16-9-11-20-12-10-16)13-3-5-14(6-4-13)17(18)19;1-15(2,13-3-5-14(16)6-4-13)7-8-17-9-11-18-12-10-17;1-11(2,10(13)16-3)8-4-6-9(7-5-8)12(14)15;1-11(2,7-8-13)9-3-5-10(6-4-9)12(14)15;1-7(10(12)15-2)8-3-5-9(6-4-8)11(13)14;1-10(2,7-12)8-3-5-9(6-4-8)11(13)14;1-6(9(11)12)7-2-4-8(5-3-7)10(13)14;1-3-6-4-2-5-1;1-3(5)7-8-4(2)6;1-2-4-5-3-1;1-2(4)5-3;1-2;;;;/h3-6H,7-12H2,1-2H3;3-6H,7-12,16H2,1-2H3;4-7H,1-3H3;3-6,8H,7H2,1-2H3;3-7H,1-2H3;3-6,12H,7H2,1-2H3;2-6H,1H3,(H,11,12);5H,1-4H2;1-2H3;1-4H2;1H3;2H,1H3;1H;;;/q;;;;;;;;;;-1;;;2*+1;-1. The number of carbonyl (C=O) groups excluding carboxylic acids is 6. The zero-order chi connectivity index (χ0) is 105. The minimum Gasteiger partial charge on any atom is -1.00 e. The van der Waals surface area contributed by atoms with E-state index in [1.807, 2.05) is 52.0 Å². The molecule has 11 rings (SSSR count). The van der Waals surface area contributed by atoms with Crippen LogP contribution >= 0.6 is 12.4 Å². The van der Waals surface area contributed by atoms with Crippen molar-refractivity contribution in [3.05, 3.63) is 269 Å². The number of esters is 2. The van der Waals surface area contributed by atoms with Crippen LogP contribution in [0.15, 0.2) is 170 Å². The number of aldehydes is 1. The second-order valence-corrected chi connectivity index (χ2v) is 33.9. The predicted molar refractivity (Wildman–Crippen MR) is 526 cm³/mol. The zero-order valence-electron chi connectivity index (χ0n) is 85.4. The van der Waals surface area contributed by atoms with E-state index in [9.17, 15) is 94.2 Å². The average molecular weight is 2020 g/mol. The van der Waals surface area contributed by atoms with Crippen molar-refractivity contribution in [3.8, 4) is 0 Å². The molecule has 6 N–H and O–H groups in total. The predicted octanol–water partition coefficient (Wildman–Crippen LogP) is 9.10. The Bertz CT molecular complexity index is 4800. The number of halogens is 1. The maximum atomic E-state index is 11.5. The molecule has 4 saturated heterocycles. The monoisotopic (exact) mass is 2020 g/mol. The number of hydrogen-bond donors (Lipinski definition) is 5. The maximum absolute atomic E-state index is 11.5. The van der Waals surface area contributed by atoms with Crippen LogP contribution in [-0.4, -0.2) is 238 Å². The molecule has 7 aromatic rings. The Morgan fingerprint density at radius 2 is 0.716 bits per heavy atom. The van der Waals surface area contributed by atoms with E-state index in [2.05, 4.69) is 86.9 Å². The number of anilines is 1. The minimum absolute atomic E-state index is 0. The summed E-state index contributed by atoms with van der Waals surface area (Å²) < 4.78 is 33.5. The molecule has 2 unspecified atom stereocenters. The number of nitro benzene ring substituents is 6. The minimum atomic E-state index is -0.946. The summed E-state index contributed by atoms with van der Waals surface area (Å²) in [7, 11) is 7.95. The Labute approximate surface area is 876 Å². The number of hydrogen-bond acceptors (Lipinski definition) is 34. The van der Waals surface area contributed by atoms with E-state index in [0.717, 1.165) is 168 Å². The van der Waals surface area contributed by atoms with E-state index in [1.54, 1.807) is 81.4 Å². The van der Waals surface area contributed by atoms with Gasteiger partial charge in [-0.2, -0.15) is 0 Å². The molecule has 769 valence electrons. The van der Waals surface area contributed by atoms with E-state index in [1.165, 1.54) is 119 Å². The number of carboxylic acids is 1. The van der Waals surface area contributed by atoms with Crippen molar-refractivity contribution in [1.82, 2.24) is 15.1 Å². The summed E-state index contributed by atoms with van der Waals surface area (Å²) in [5, 5.41) is 90.6. The number of nitro groups is 6. The first-order valence-electron chi connectivity index (χ1n) is 43.8. The second-order valence-electron chi connectivity index (χ2n) is 33.9. The van der Waals surface area contributed by atoms with Gasteiger partial charge in [0.1, 0.15) is 6.29 Å². The molecule has 45 heteroatoms. The quantitative estimate of drug-likeness (QED) is 0.00677. The number of aliphatic hydroxyl groups is 2. The SMILES string of the molecule is C1CCOC1.C1COCCN1.CC(=O)OOC(C)=O.CC(C(=O)O)c1ccc([N+](=O)[O-])cc1.CC(C)(CC=O)c1ccc([N+](=O)[O-])cc1.CC(C)(CCN1CCOCC1)c1ccc(N)cc1.CC(C)(CCN1CCOCC1)c1ccc([N+](=O)[O-])cc1.CC(C)(CO)c1ccc([N+](=O)[O-])cc1.CO.COC(=O)C(C)(C)c1ccc([N+](=O)[O-])cc1.COC(=O)C(C)c1ccc([N+](=O)[O-])cc1.Cl.[B-]OC(C)=O.[H-].[Na+].[Na+]. The molecule has 0 saturated carbocycles. The summed E-state index contributed by atoms with van der Waals surface area (Å²) >= 11 is 0. The van der Waals surface area contributed by atoms with Crippen LogP contribution < -0.4 is 70.2 Å². The molecule has 4 fully saturated rings. The van der Waals surface area contributed by atoms with Gasteiger partial charge in [0, 0.05) is 171 Å². The normalized spacial score (nSPS) is 13.3. The molecule has 2 atom stereocenters. The Balaban J connectivity index is -0.000000492. The molecule has 4 aliphatic heterocycles. The topological polar surface area (TPSA) is 567 Å². The van der Waals surface area contributed by atoms with Crippen molar-refractivity contribution in [3.63, 3.8) is 0 Å². The smallest absolute Gasteiger partial charge is 1.00 e. The number of rotatable bonds is 25. The van der Waals surface area contributed by atoms with E-state index >= 15 is 0 Å². The van der Waals surface area contributed by atoms with E-state index < -0.39 is 65.7 Å². The Morgan fingerprint density at radius 1 is 0.447 bits per heavy atom. The van der Waals surface area contributed by atoms with Gasteiger partial charge in [-0.1, -0.05) is 140 Å². The zero-order valence-corrected chi connectivity index (χ0v) is 89.2. The van der Waals surface area contributed by atoms with Gasteiger partial charge in [-0.3, -0.25) is 89.7 Å². The third-order valence-corrected chi connectivity index (χ3v) is 21.3. The average Bonchev–Trinajstić information content (AvgIpc) is 0.940. The van der Waals surface area contributed by atoms with Gasteiger partial charge < -0.3 is 73.7 Å². The van der Waals surface area contributed by atoms with Crippen molar-refractivity contribution in [2.75, 3.05) is 139 Å². The van der Waals surface area contributed by atoms with Crippen LogP contribution in [-0.2, 0) is 103 Å². The Hall–Kier alpha value is -10.8. The fourth-order valence-electron chi connectivity index (χ4n) is 12.0. The van der Waals surface area contributed by atoms with Crippen LogP contribution in [0.2, 0.25) is 0 Å². The van der Waals surface area contributed by atoms with Crippen molar-refractivity contribution in [2.45, 2.75) is 175 Å². The van der Waals surface area contributed by atoms with Crippen LogP contribution in [0, 0.1) is 60.7 Å². The maximum Gasteiger partial charge on any atom is 1.00 e. The second kappa shape index (κ2) is 73.3. The number of carboxylic acid groups (broad SMARTS) is 1. The molecule has 0 aliphatic carbocycles. The molecular formula is C96H137BClN10Na2O31. The van der Waals surface area contributed by atoms with Gasteiger partial charge in [0.25, 0.3) is 34.1 Å². The summed E-state index contributed by atoms with van der Waals surface area (Å²) in [6.45, 7) is 42.3. The number of nitrogens with two attached hydrogens (primary N) is 1. The Kier molecular flexibility index (Phi) is 71.0. The van der Waals surface area contributed by atoms with Crippen LogP contribution in [0.5, 0.6) is 0 Å². The number of morpholine rings is 3. The number of nitrogen functional groups attached to an aromatic ring is 1. The third-order valence-electron chi connectivity index (χ3n) is 21.3. The molecule has 0 aromatic heterocycles. The van der Waals surface area contributed by atoms with Gasteiger partial charge >= 0.3 is 89.0 Å². The number of non-ortho nitro benzene ring substituents is 6. The van der Waals surface area contributed by atoms with Crippen LogP contribution in [0.4, 0.5) is 39.8 Å². The molecule has 141 heavy (non-hydrogen) atoms. The van der Waals surface area contributed by atoms with Gasteiger partial charge in [0.05, 0.1) is 107 Å². The summed E-state index contributed by atoms with van der Waals surface area (Å²) in [6, 6.07) is 45.0. The molecule has 41 nitrogen and oxygen atoms in total. The van der Waals surface area contributed by atoms with Crippen molar-refractivity contribution in [2.24, 2.45) is 0 Å². The fourth-order valence-corrected chi connectivity index (χ4v) is 12.0. The van der Waals surface area contributed by atoms with Gasteiger partial charge in [-0.15, -0.1) is 12.4 Å². The molecule has 4 aliphatic rings. The number of nitrogens with zero attached hydrogens (tertiary/aromatic N) is 8. The van der Waals surface area contributed by atoms with Gasteiger partial charge in [0.2, 0.25) is 5.97 Å². The first-order chi connectivity index (χ1) is 64.9. The number of ether oxygens (including phenoxy) is 6. The van der Waals surface area contributed by atoms with Gasteiger partial charge in [0.15, 0.2) is 0 Å². The number of nitrogens with one attached hydrogen (secondary N) is 1. The first kappa shape index (κ1) is 136. The van der Waals surface area contributed by atoms with Crippen LogP contribution in [0.1, 0.15) is 188 Å². The molecular weight excluding hydrogens is 1880 g/mol. The number of carbonyl (C=O) groups is 7. The first-order valence-corrected chi connectivity index (χ1v) is 43.8. The van der Waals surface area contributed by atoms with Crippen molar-refractivity contribution >= 4 is 102 Å². The van der Waals surface area contributed by atoms with E-state index in [4.69, 9.17) is 40.0 Å². The Morgan fingerprint density at radius 3 is 0.950 bits per heavy atom. The third kappa shape index (κ3) is 56.6. The number of methoxy groups -OCH3 is 2. The fraction of sp³-hybridized carbons (Fsp3) is 0.490. The summed E-state index contributed by atoms with van der Waals surface area (Å²) in [5.41, 5.74) is 11.9. The molecule has 3 radical (unpaired) electrons. The van der Waals surface area contributed by atoms with Crippen LogP contribution in [0.3, 0.4) is 0 Å². The van der Waals surface area contributed by atoms with Gasteiger partial charge in [-0.25, -0.2) is 19.4 Å².